The lowest BCUT2D eigenvalue weighted by Crippen LogP contribution is -2.06. The van der Waals surface area contributed by atoms with E-state index in [9.17, 15) is 15.0 Å². The largest absolute Gasteiger partial charge is 0.508 e. The third-order valence-electron chi connectivity index (χ3n) is 2.89. The van der Waals surface area contributed by atoms with Crippen molar-refractivity contribution in [2.45, 2.75) is 6.42 Å². The van der Waals surface area contributed by atoms with E-state index in [4.69, 9.17) is 11.6 Å². The molecule has 0 unspecified atom stereocenters. The minimum absolute atomic E-state index is 0.0704. The molecule has 0 saturated carbocycles. The van der Waals surface area contributed by atoms with Crippen LogP contribution in [0.1, 0.15) is 5.56 Å². The molecule has 0 aliphatic carbocycles. The lowest BCUT2D eigenvalue weighted by atomic mass is 9.96. The molecule has 0 heterocycles. The molecule has 0 fully saturated rings. The first kappa shape index (κ1) is 14.2. The van der Waals surface area contributed by atoms with E-state index in [2.05, 4.69) is 4.74 Å². The minimum atomic E-state index is -0.469. The van der Waals surface area contributed by atoms with Gasteiger partial charge in [-0.05, 0) is 17.7 Å². The summed E-state index contributed by atoms with van der Waals surface area (Å²) >= 11 is 6.12. The SMILES string of the molecule is COC(=O)Cc1cc(O)cc(O)c1-c1ccccc1Cl. The molecule has 2 N–H and O–H groups in total. The molecule has 0 radical (unpaired) electrons. The quantitative estimate of drug-likeness (QED) is 0.853. The van der Waals surface area contributed by atoms with E-state index in [0.717, 1.165) is 0 Å². The van der Waals surface area contributed by atoms with Crippen LogP contribution in [0.15, 0.2) is 36.4 Å². The van der Waals surface area contributed by atoms with Gasteiger partial charge in [-0.3, -0.25) is 4.79 Å². The van der Waals surface area contributed by atoms with Gasteiger partial charge in [-0.2, -0.15) is 0 Å². The topological polar surface area (TPSA) is 66.8 Å². The van der Waals surface area contributed by atoms with Crippen molar-refractivity contribution in [2.75, 3.05) is 7.11 Å². The van der Waals surface area contributed by atoms with Gasteiger partial charge in [0.1, 0.15) is 11.5 Å². The number of ether oxygens (including phenoxy) is 1. The zero-order valence-corrected chi connectivity index (χ0v) is 11.5. The lowest BCUT2D eigenvalue weighted by Gasteiger charge is -2.13. The molecule has 0 atom stereocenters. The van der Waals surface area contributed by atoms with Crippen molar-refractivity contribution in [3.8, 4) is 22.6 Å². The minimum Gasteiger partial charge on any atom is -0.508 e. The van der Waals surface area contributed by atoms with Crippen LogP contribution in [0.5, 0.6) is 11.5 Å². The molecule has 0 aromatic heterocycles. The Kier molecular flexibility index (Phi) is 4.15. The Morgan fingerprint density at radius 2 is 1.95 bits per heavy atom. The first-order chi connectivity index (χ1) is 9.52. The standard InChI is InChI=1S/C15H13ClO4/c1-20-14(19)7-9-6-10(17)8-13(18)15(9)11-4-2-3-5-12(11)16/h2-6,8,17-18H,7H2,1H3. The summed E-state index contributed by atoms with van der Waals surface area (Å²) in [7, 11) is 1.28. The number of esters is 1. The normalized spacial score (nSPS) is 10.3. The van der Waals surface area contributed by atoms with Gasteiger partial charge >= 0.3 is 5.97 Å². The molecular formula is C15H13ClO4. The number of carbonyl (C=O) groups is 1. The van der Waals surface area contributed by atoms with E-state index < -0.39 is 5.97 Å². The molecule has 0 spiro atoms. The Morgan fingerprint density at radius 1 is 1.25 bits per heavy atom. The molecule has 2 rings (SSSR count). The second kappa shape index (κ2) is 5.84. The van der Waals surface area contributed by atoms with Crippen LogP contribution in [0.3, 0.4) is 0 Å². The van der Waals surface area contributed by atoms with Crippen molar-refractivity contribution in [3.05, 3.63) is 47.0 Å². The molecule has 2 aromatic carbocycles. The summed E-state index contributed by atoms with van der Waals surface area (Å²) in [6.07, 6.45) is -0.0704. The molecule has 0 amide bonds. The third kappa shape index (κ3) is 2.86. The zero-order valence-electron chi connectivity index (χ0n) is 10.8. The highest BCUT2D eigenvalue weighted by atomic mass is 35.5. The van der Waals surface area contributed by atoms with Crippen molar-refractivity contribution in [3.63, 3.8) is 0 Å². The molecule has 0 aliphatic heterocycles. The first-order valence-electron chi connectivity index (χ1n) is 5.89. The number of aromatic hydroxyl groups is 2. The second-order valence-electron chi connectivity index (χ2n) is 4.23. The average molecular weight is 293 g/mol. The maximum atomic E-state index is 11.5. The molecule has 0 saturated heterocycles. The predicted molar refractivity (Wildman–Crippen MR) is 75.9 cm³/mol. The van der Waals surface area contributed by atoms with E-state index >= 15 is 0 Å². The number of carbonyl (C=O) groups excluding carboxylic acids is 1. The van der Waals surface area contributed by atoms with E-state index in [1.54, 1.807) is 24.3 Å². The average Bonchev–Trinajstić information content (AvgIpc) is 2.39. The molecule has 20 heavy (non-hydrogen) atoms. The van der Waals surface area contributed by atoms with Crippen molar-refractivity contribution in [1.82, 2.24) is 0 Å². The zero-order chi connectivity index (χ0) is 14.7. The molecule has 104 valence electrons. The van der Waals surface area contributed by atoms with Gasteiger partial charge in [0.05, 0.1) is 13.5 Å². The summed E-state index contributed by atoms with van der Waals surface area (Å²) in [5.74, 6) is -0.738. The van der Waals surface area contributed by atoms with Crippen LogP contribution in [0.2, 0.25) is 5.02 Å². The maximum absolute atomic E-state index is 11.5. The number of rotatable bonds is 3. The van der Waals surface area contributed by atoms with Crippen LogP contribution in [0.4, 0.5) is 0 Å². The van der Waals surface area contributed by atoms with Crippen molar-refractivity contribution < 1.29 is 19.7 Å². The monoisotopic (exact) mass is 292 g/mol. The number of benzene rings is 2. The van der Waals surface area contributed by atoms with Gasteiger partial charge in [0.15, 0.2) is 0 Å². The van der Waals surface area contributed by atoms with E-state index in [1.807, 2.05) is 0 Å². The Labute approximate surface area is 121 Å². The molecule has 0 aliphatic rings. The van der Waals surface area contributed by atoms with Gasteiger partial charge in [-0.15, -0.1) is 0 Å². The molecule has 4 nitrogen and oxygen atoms in total. The summed E-state index contributed by atoms with van der Waals surface area (Å²) < 4.78 is 4.62. The number of phenols is 2. The number of hydrogen-bond acceptors (Lipinski definition) is 4. The first-order valence-corrected chi connectivity index (χ1v) is 6.27. The summed E-state index contributed by atoms with van der Waals surface area (Å²) in [5.41, 5.74) is 1.45. The van der Waals surface area contributed by atoms with Gasteiger partial charge in [-0.25, -0.2) is 0 Å². The van der Waals surface area contributed by atoms with Crippen LogP contribution in [0.25, 0.3) is 11.1 Å². The van der Waals surface area contributed by atoms with Gasteiger partial charge in [0.2, 0.25) is 0 Å². The maximum Gasteiger partial charge on any atom is 0.310 e. The number of methoxy groups -OCH3 is 1. The van der Waals surface area contributed by atoms with Gasteiger partial charge < -0.3 is 14.9 Å². The second-order valence-corrected chi connectivity index (χ2v) is 4.64. The lowest BCUT2D eigenvalue weighted by molar-refractivity contribution is -0.139. The Bertz CT molecular complexity index is 652. The number of halogens is 1. The highest BCUT2D eigenvalue weighted by molar-refractivity contribution is 6.33. The Balaban J connectivity index is 2.62. The van der Waals surface area contributed by atoms with Crippen molar-refractivity contribution >= 4 is 17.6 Å². The fourth-order valence-electron chi connectivity index (χ4n) is 2.01. The summed E-state index contributed by atoms with van der Waals surface area (Å²) in [5, 5.41) is 20.1. The Morgan fingerprint density at radius 3 is 2.60 bits per heavy atom. The molecule has 5 heteroatoms. The number of hydrogen-bond donors (Lipinski definition) is 2. The summed E-state index contributed by atoms with van der Waals surface area (Å²) in [6.45, 7) is 0. The summed E-state index contributed by atoms with van der Waals surface area (Å²) in [4.78, 5) is 11.5. The van der Waals surface area contributed by atoms with E-state index in [1.165, 1.54) is 19.2 Å². The molecular weight excluding hydrogens is 280 g/mol. The number of phenolic OH excluding ortho intramolecular Hbond substituents is 2. The van der Waals surface area contributed by atoms with Gasteiger partial charge in [0, 0.05) is 22.2 Å². The van der Waals surface area contributed by atoms with Crippen LogP contribution in [-0.4, -0.2) is 23.3 Å². The van der Waals surface area contributed by atoms with E-state index in [-0.39, 0.29) is 17.9 Å². The Hall–Kier alpha value is -2.20. The fourth-order valence-corrected chi connectivity index (χ4v) is 2.24. The van der Waals surface area contributed by atoms with Crippen LogP contribution < -0.4 is 0 Å². The van der Waals surface area contributed by atoms with Crippen LogP contribution in [0, 0.1) is 0 Å². The highest BCUT2D eigenvalue weighted by Crippen LogP contribution is 2.39. The smallest absolute Gasteiger partial charge is 0.310 e. The van der Waals surface area contributed by atoms with Crippen LogP contribution >= 0.6 is 11.6 Å². The fraction of sp³-hybridized carbons (Fsp3) is 0.133. The van der Waals surface area contributed by atoms with Crippen molar-refractivity contribution in [1.29, 1.82) is 0 Å². The van der Waals surface area contributed by atoms with E-state index in [0.29, 0.717) is 21.7 Å². The highest BCUT2D eigenvalue weighted by Gasteiger charge is 2.17. The van der Waals surface area contributed by atoms with Gasteiger partial charge in [-0.1, -0.05) is 29.8 Å². The predicted octanol–water partition coefficient (Wildman–Crippen LogP) is 3.13. The molecule has 2 aromatic rings. The molecule has 0 bridgehead atoms. The van der Waals surface area contributed by atoms with Gasteiger partial charge in [0.25, 0.3) is 0 Å². The summed E-state index contributed by atoms with van der Waals surface area (Å²) in [6, 6.07) is 9.58. The van der Waals surface area contributed by atoms with Crippen LogP contribution in [-0.2, 0) is 16.0 Å². The third-order valence-corrected chi connectivity index (χ3v) is 3.22. The van der Waals surface area contributed by atoms with Crippen molar-refractivity contribution in [2.24, 2.45) is 0 Å².